The Morgan fingerprint density at radius 3 is 2.76 bits per heavy atom. The number of amides is 1. The molecule has 3 aromatic rings. The molecule has 6 heteroatoms. The summed E-state index contributed by atoms with van der Waals surface area (Å²) in [5.74, 6) is 3.05. The van der Waals surface area contributed by atoms with Gasteiger partial charge < -0.3 is 18.9 Å². The average Bonchev–Trinajstić information content (AvgIpc) is 3.52. The Morgan fingerprint density at radius 1 is 1.12 bits per heavy atom. The van der Waals surface area contributed by atoms with Gasteiger partial charge in [0.15, 0.2) is 11.5 Å². The van der Waals surface area contributed by atoms with Crippen LogP contribution in [0, 0.1) is 0 Å². The number of para-hydroxylation sites is 2. The van der Waals surface area contributed by atoms with Crippen LogP contribution >= 0.6 is 0 Å². The third kappa shape index (κ3) is 4.67. The van der Waals surface area contributed by atoms with E-state index in [2.05, 4.69) is 27.7 Å². The number of methoxy groups -OCH3 is 1. The number of carbonyl (C=O) groups excluding carboxylic acids is 1. The van der Waals surface area contributed by atoms with Crippen molar-refractivity contribution in [1.82, 2.24) is 14.5 Å². The second-order valence-electron chi connectivity index (χ2n) is 9.25. The Morgan fingerprint density at radius 2 is 1.97 bits per heavy atom. The van der Waals surface area contributed by atoms with Crippen molar-refractivity contribution < 1.29 is 14.3 Å². The van der Waals surface area contributed by atoms with Crippen LogP contribution in [0.15, 0.2) is 48.5 Å². The molecule has 1 amide bonds. The van der Waals surface area contributed by atoms with Gasteiger partial charge in [-0.15, -0.1) is 0 Å². The van der Waals surface area contributed by atoms with Gasteiger partial charge in [-0.05, 0) is 62.4 Å². The van der Waals surface area contributed by atoms with Crippen LogP contribution in [0.5, 0.6) is 11.5 Å². The lowest BCUT2D eigenvalue weighted by atomic mass is 10.1. The lowest BCUT2D eigenvalue weighted by Crippen LogP contribution is -2.27. The number of allylic oxidation sites excluding steroid dienone is 1. The summed E-state index contributed by atoms with van der Waals surface area (Å²) in [6.07, 6.45) is 8.82. The molecule has 0 spiro atoms. The summed E-state index contributed by atoms with van der Waals surface area (Å²) in [7, 11) is 1.67. The van der Waals surface area contributed by atoms with E-state index in [1.807, 2.05) is 43.3 Å². The quantitative estimate of drug-likeness (QED) is 0.380. The number of nitrogens with zero attached hydrogens (tertiary/aromatic N) is 3. The first-order chi connectivity index (χ1) is 16.7. The highest BCUT2D eigenvalue weighted by Crippen LogP contribution is 2.37. The first-order valence-corrected chi connectivity index (χ1v) is 12.4. The molecule has 1 saturated heterocycles. The zero-order valence-corrected chi connectivity index (χ0v) is 20.1. The molecule has 1 saturated carbocycles. The number of carbonyl (C=O) groups is 1. The largest absolute Gasteiger partial charge is 0.493 e. The fraction of sp³-hybridized carbons (Fsp3) is 0.429. The summed E-state index contributed by atoms with van der Waals surface area (Å²) in [5, 5.41) is 0. The summed E-state index contributed by atoms with van der Waals surface area (Å²) in [6, 6.07) is 14.8. The van der Waals surface area contributed by atoms with Crippen molar-refractivity contribution in [3.05, 3.63) is 59.9 Å². The number of imidazole rings is 1. The van der Waals surface area contributed by atoms with Crippen molar-refractivity contribution in [3.8, 4) is 11.5 Å². The topological polar surface area (TPSA) is 56.6 Å². The first kappa shape index (κ1) is 22.5. The molecule has 0 radical (unpaired) electrons. The highest BCUT2D eigenvalue weighted by Gasteiger charge is 2.41. The zero-order chi connectivity index (χ0) is 23.5. The van der Waals surface area contributed by atoms with Gasteiger partial charge in [-0.1, -0.05) is 30.4 Å². The van der Waals surface area contributed by atoms with Gasteiger partial charge in [-0.2, -0.15) is 0 Å². The first-order valence-electron chi connectivity index (χ1n) is 12.4. The van der Waals surface area contributed by atoms with Gasteiger partial charge in [0.2, 0.25) is 5.91 Å². The number of ether oxygens (including phenoxy) is 2. The molecule has 1 unspecified atom stereocenters. The molecule has 178 valence electrons. The molecule has 6 nitrogen and oxygen atoms in total. The maximum atomic E-state index is 12.6. The van der Waals surface area contributed by atoms with Crippen molar-refractivity contribution in [2.75, 3.05) is 20.3 Å². The molecule has 34 heavy (non-hydrogen) atoms. The highest BCUT2D eigenvalue weighted by molar-refractivity contribution is 5.81. The highest BCUT2D eigenvalue weighted by atomic mass is 16.5. The maximum Gasteiger partial charge on any atom is 0.223 e. The number of hydrogen-bond donors (Lipinski definition) is 0. The van der Waals surface area contributed by atoms with Gasteiger partial charge in [0.1, 0.15) is 5.82 Å². The van der Waals surface area contributed by atoms with E-state index in [1.54, 1.807) is 7.11 Å². The molecule has 1 atom stereocenters. The predicted octanol–water partition coefficient (Wildman–Crippen LogP) is 5.42. The third-order valence-electron chi connectivity index (χ3n) is 6.78. The predicted molar refractivity (Wildman–Crippen MR) is 134 cm³/mol. The fourth-order valence-corrected chi connectivity index (χ4v) is 4.94. The normalized spacial score (nSPS) is 18.4. The number of benzene rings is 2. The Hall–Kier alpha value is -3.28. The molecule has 2 fully saturated rings. The molecule has 2 aliphatic rings. The summed E-state index contributed by atoms with van der Waals surface area (Å²) < 4.78 is 13.9. The van der Waals surface area contributed by atoms with E-state index >= 15 is 0 Å². The lowest BCUT2D eigenvalue weighted by Gasteiger charge is -2.16. The van der Waals surface area contributed by atoms with Gasteiger partial charge in [-0.3, -0.25) is 4.79 Å². The lowest BCUT2D eigenvalue weighted by molar-refractivity contribution is -0.128. The molecule has 0 N–H and O–H groups in total. The Bertz CT molecular complexity index is 1190. The van der Waals surface area contributed by atoms with Gasteiger partial charge in [0, 0.05) is 31.5 Å². The van der Waals surface area contributed by atoms with Crippen LogP contribution in [-0.4, -0.2) is 46.7 Å². The Labute approximate surface area is 201 Å². The monoisotopic (exact) mass is 459 g/mol. The van der Waals surface area contributed by atoms with Crippen molar-refractivity contribution in [3.63, 3.8) is 0 Å². The summed E-state index contributed by atoms with van der Waals surface area (Å²) in [6.45, 7) is 4.29. The SMILES string of the molecule is C/C=C/c1ccc(OCCCCn2c(C3CC(=O)N(C4CC4)C3)nc3ccccc32)c(OC)c1. The number of likely N-dealkylation sites (tertiary alicyclic amines) is 1. The van der Waals surface area contributed by atoms with Gasteiger partial charge in [-0.25, -0.2) is 4.98 Å². The van der Waals surface area contributed by atoms with E-state index in [-0.39, 0.29) is 11.8 Å². The van der Waals surface area contributed by atoms with E-state index in [0.29, 0.717) is 19.1 Å². The summed E-state index contributed by atoms with van der Waals surface area (Å²) in [4.78, 5) is 19.6. The number of rotatable bonds is 10. The van der Waals surface area contributed by atoms with Crippen LogP contribution in [0.25, 0.3) is 17.1 Å². The molecule has 1 aliphatic heterocycles. The zero-order valence-electron chi connectivity index (χ0n) is 20.1. The number of aryl methyl sites for hydroxylation is 1. The second-order valence-corrected chi connectivity index (χ2v) is 9.25. The van der Waals surface area contributed by atoms with Crippen LogP contribution in [-0.2, 0) is 11.3 Å². The van der Waals surface area contributed by atoms with Crippen molar-refractivity contribution in [2.45, 2.75) is 57.5 Å². The van der Waals surface area contributed by atoms with Crippen molar-refractivity contribution in [2.24, 2.45) is 0 Å². The molecule has 2 heterocycles. The Balaban J connectivity index is 1.23. The summed E-state index contributed by atoms with van der Waals surface area (Å²) >= 11 is 0. The molecular weight excluding hydrogens is 426 g/mol. The van der Waals surface area contributed by atoms with Gasteiger partial charge in [0.25, 0.3) is 0 Å². The molecule has 0 bridgehead atoms. The minimum absolute atomic E-state index is 0.177. The molecule has 1 aromatic heterocycles. The van der Waals surface area contributed by atoms with E-state index in [9.17, 15) is 4.79 Å². The third-order valence-corrected chi connectivity index (χ3v) is 6.78. The minimum Gasteiger partial charge on any atom is -0.493 e. The van der Waals surface area contributed by atoms with Crippen LogP contribution in [0.1, 0.15) is 56.3 Å². The average molecular weight is 460 g/mol. The second kappa shape index (κ2) is 9.92. The minimum atomic E-state index is 0.177. The number of aromatic nitrogens is 2. The van der Waals surface area contributed by atoms with Gasteiger partial charge in [0.05, 0.1) is 24.8 Å². The van der Waals surface area contributed by atoms with E-state index < -0.39 is 0 Å². The Kier molecular flexibility index (Phi) is 6.57. The number of unbranched alkanes of at least 4 members (excludes halogenated alkanes) is 1. The van der Waals surface area contributed by atoms with Crippen molar-refractivity contribution >= 4 is 23.0 Å². The molecule has 1 aliphatic carbocycles. The molecule has 5 rings (SSSR count). The van der Waals surface area contributed by atoms with Crippen LogP contribution in [0.2, 0.25) is 0 Å². The molecule has 2 aromatic carbocycles. The van der Waals surface area contributed by atoms with E-state index in [1.165, 1.54) is 0 Å². The van der Waals surface area contributed by atoms with E-state index in [0.717, 1.165) is 72.7 Å². The maximum absolute atomic E-state index is 12.6. The van der Waals surface area contributed by atoms with Crippen LogP contribution in [0.3, 0.4) is 0 Å². The standard InChI is InChI=1S/C28H33N3O3/c1-3-8-20-11-14-25(26(17-20)33-2)34-16-7-6-15-30-24-10-5-4-9-23(24)29-28(30)21-18-27(32)31(19-21)22-12-13-22/h3-5,8-11,14,17,21-22H,6-7,12-13,15-16,18-19H2,1-2H3/b8-3+. The van der Waals surface area contributed by atoms with Gasteiger partial charge >= 0.3 is 0 Å². The van der Waals surface area contributed by atoms with Crippen LogP contribution < -0.4 is 9.47 Å². The summed E-state index contributed by atoms with van der Waals surface area (Å²) in [5.41, 5.74) is 3.26. The van der Waals surface area contributed by atoms with Crippen molar-refractivity contribution in [1.29, 1.82) is 0 Å². The van der Waals surface area contributed by atoms with E-state index in [4.69, 9.17) is 14.5 Å². The smallest absolute Gasteiger partial charge is 0.223 e. The number of fused-ring (bicyclic) bond motifs is 1. The fourth-order valence-electron chi connectivity index (χ4n) is 4.94. The van der Waals surface area contributed by atoms with Crippen LogP contribution in [0.4, 0.5) is 0 Å². The number of hydrogen-bond acceptors (Lipinski definition) is 4. The molecular formula is C28H33N3O3.